The minimum Gasteiger partial charge on any atom is -0.139 e. The van der Waals surface area contributed by atoms with E-state index in [1.807, 2.05) is 0 Å². The molecule has 1 aliphatic carbocycles. The Balaban J connectivity index is 2.79. The van der Waals surface area contributed by atoms with Gasteiger partial charge in [0.05, 0.1) is 0 Å². The monoisotopic (exact) mass is 108 g/mol. The molecule has 1 aliphatic rings. The van der Waals surface area contributed by atoms with Crippen molar-refractivity contribution in [3.8, 4) is 0 Å². The normalized spacial score (nSPS) is 13.1. The zero-order valence-electron chi connectivity index (χ0n) is 3.81. The second kappa shape index (κ2) is 1.02. The maximum Gasteiger partial charge on any atom is -0.0144 e. The van der Waals surface area contributed by atoms with Crippen molar-refractivity contribution in [3.05, 3.63) is 22.7 Å². The van der Waals surface area contributed by atoms with Crippen molar-refractivity contribution in [2.75, 3.05) is 0 Å². The van der Waals surface area contributed by atoms with Gasteiger partial charge in [0.2, 0.25) is 0 Å². The lowest BCUT2D eigenvalue weighted by atomic mass is 10.1. The average molecular weight is 108 g/mol. The summed E-state index contributed by atoms with van der Waals surface area (Å²) >= 11 is 0. The van der Waals surface area contributed by atoms with Gasteiger partial charge < -0.3 is 0 Å². The maximum absolute atomic E-state index is 2.27. The molecular formula is C6H5P. The number of fused-ring (bicyclic) bond motifs is 1. The molecule has 0 unspecified atom stereocenters. The molecule has 0 saturated heterocycles. The molecule has 0 aliphatic heterocycles. The lowest BCUT2D eigenvalue weighted by Gasteiger charge is -1.99. The van der Waals surface area contributed by atoms with E-state index in [1.54, 1.807) is 0 Å². The fourth-order valence-electron chi connectivity index (χ4n) is 0.760. The van der Waals surface area contributed by atoms with Gasteiger partial charge in [0.15, 0.2) is 0 Å². The molecule has 0 aromatic carbocycles. The van der Waals surface area contributed by atoms with Gasteiger partial charge in [-0.25, -0.2) is 0 Å². The first-order chi connectivity index (χ1) is 3.47. The zero-order chi connectivity index (χ0) is 4.69. The van der Waals surface area contributed by atoms with Crippen molar-refractivity contribution >= 4 is 20.3 Å². The van der Waals surface area contributed by atoms with Crippen LogP contribution in [-0.4, -0.2) is 0 Å². The van der Waals surface area contributed by atoms with Gasteiger partial charge in [0.25, 0.3) is 0 Å². The highest BCUT2D eigenvalue weighted by Crippen LogP contribution is 2.28. The van der Waals surface area contributed by atoms with Crippen LogP contribution in [0.2, 0.25) is 0 Å². The second-order valence-electron chi connectivity index (χ2n) is 1.70. The number of hydrogen-bond acceptors (Lipinski definition) is 0. The summed E-state index contributed by atoms with van der Waals surface area (Å²) in [7, 11) is 0.945. The van der Waals surface area contributed by atoms with Crippen LogP contribution in [-0.2, 0) is 0 Å². The first-order valence-corrected chi connectivity index (χ1v) is 3.47. The molecule has 0 saturated carbocycles. The largest absolute Gasteiger partial charge is 0.139 e. The summed E-state index contributed by atoms with van der Waals surface area (Å²) in [5, 5.41) is 0. The molecule has 0 bridgehead atoms. The standard InChI is InChI=1S/C6H5P/c1-2-6-4-7-3-5(1)6/h1-4,7H. The number of hydrogen-bond donors (Lipinski definition) is 0. The van der Waals surface area contributed by atoms with Crippen LogP contribution in [0.25, 0.3) is 12.2 Å². The van der Waals surface area contributed by atoms with Crippen LogP contribution >= 0.6 is 8.19 Å². The lowest BCUT2D eigenvalue weighted by Crippen LogP contribution is -1.77. The molecule has 1 aromatic rings. The number of rotatable bonds is 0. The minimum absolute atomic E-state index is 0.945. The van der Waals surface area contributed by atoms with Crippen LogP contribution in [0.15, 0.2) is 11.6 Å². The van der Waals surface area contributed by atoms with E-state index in [4.69, 9.17) is 0 Å². The van der Waals surface area contributed by atoms with Crippen molar-refractivity contribution in [2.24, 2.45) is 0 Å². The van der Waals surface area contributed by atoms with Crippen LogP contribution in [0.3, 0.4) is 0 Å². The third-order valence-corrected chi connectivity index (χ3v) is 2.21. The molecule has 7 heavy (non-hydrogen) atoms. The van der Waals surface area contributed by atoms with Gasteiger partial charge in [-0.2, -0.15) is 0 Å². The first kappa shape index (κ1) is 3.51. The lowest BCUT2D eigenvalue weighted by molar-refractivity contribution is 1.74. The van der Waals surface area contributed by atoms with Crippen LogP contribution in [0.5, 0.6) is 0 Å². The van der Waals surface area contributed by atoms with Crippen molar-refractivity contribution in [1.82, 2.24) is 0 Å². The first-order valence-electron chi connectivity index (χ1n) is 2.32. The SMILES string of the molecule is C1=Cc2c[pH]cc21. The summed E-state index contributed by atoms with van der Waals surface area (Å²) in [6, 6.07) is 0. The molecule has 0 fully saturated rings. The molecule has 1 heteroatoms. The molecule has 0 N–H and O–H groups in total. The second-order valence-corrected chi connectivity index (χ2v) is 2.61. The third kappa shape index (κ3) is 0.324. The molecule has 0 amide bonds. The molecule has 1 heterocycles. The summed E-state index contributed by atoms with van der Waals surface area (Å²) in [6.07, 6.45) is 4.32. The van der Waals surface area contributed by atoms with E-state index in [1.165, 1.54) is 11.1 Å². The van der Waals surface area contributed by atoms with Crippen molar-refractivity contribution < 1.29 is 0 Å². The topological polar surface area (TPSA) is 0 Å². The minimum atomic E-state index is 0.945. The predicted octanol–water partition coefficient (Wildman–Crippen LogP) is 2.20. The molecule has 0 atom stereocenters. The maximum atomic E-state index is 2.27. The van der Waals surface area contributed by atoms with E-state index in [-0.39, 0.29) is 0 Å². The molecule has 0 spiro atoms. The Morgan fingerprint density at radius 2 is 1.57 bits per heavy atom. The van der Waals surface area contributed by atoms with Crippen molar-refractivity contribution in [1.29, 1.82) is 0 Å². The van der Waals surface area contributed by atoms with Gasteiger partial charge in [-0.3, -0.25) is 0 Å². The Morgan fingerprint density at radius 3 is 1.86 bits per heavy atom. The van der Waals surface area contributed by atoms with Crippen LogP contribution in [0.4, 0.5) is 0 Å². The quantitative estimate of drug-likeness (QED) is 0.485. The summed E-state index contributed by atoms with van der Waals surface area (Å²) < 4.78 is 0. The molecule has 1 aromatic heterocycles. The Labute approximate surface area is 44.0 Å². The molecule has 34 valence electrons. The van der Waals surface area contributed by atoms with Crippen molar-refractivity contribution in [2.45, 2.75) is 0 Å². The Bertz CT molecular complexity index is 187. The van der Waals surface area contributed by atoms with E-state index in [9.17, 15) is 0 Å². The fraction of sp³-hybridized carbons (Fsp3) is 0. The summed E-state index contributed by atoms with van der Waals surface area (Å²) in [6.45, 7) is 0. The summed E-state index contributed by atoms with van der Waals surface area (Å²) in [4.78, 5) is 0. The van der Waals surface area contributed by atoms with Gasteiger partial charge in [-0.15, -0.1) is 8.19 Å². The van der Waals surface area contributed by atoms with Crippen LogP contribution in [0, 0.1) is 0 Å². The van der Waals surface area contributed by atoms with E-state index in [2.05, 4.69) is 23.7 Å². The van der Waals surface area contributed by atoms with E-state index in [0.717, 1.165) is 8.19 Å². The van der Waals surface area contributed by atoms with Crippen LogP contribution < -0.4 is 0 Å². The predicted molar refractivity (Wildman–Crippen MR) is 34.9 cm³/mol. The van der Waals surface area contributed by atoms with Crippen LogP contribution in [0.1, 0.15) is 11.1 Å². The molecular weight excluding hydrogens is 103 g/mol. The highest BCUT2D eigenvalue weighted by Gasteiger charge is 2.01. The van der Waals surface area contributed by atoms with Gasteiger partial charge >= 0.3 is 0 Å². The van der Waals surface area contributed by atoms with E-state index >= 15 is 0 Å². The Hall–Kier alpha value is -0.480. The van der Waals surface area contributed by atoms with Gasteiger partial charge in [0.1, 0.15) is 0 Å². The summed E-state index contributed by atoms with van der Waals surface area (Å²) in [5.41, 5.74) is 2.91. The average Bonchev–Trinajstić information content (AvgIpc) is 1.85. The highest BCUT2D eigenvalue weighted by molar-refractivity contribution is 7.28. The summed E-state index contributed by atoms with van der Waals surface area (Å²) in [5.74, 6) is 4.55. The van der Waals surface area contributed by atoms with Gasteiger partial charge in [0, 0.05) is 0 Å². The Kier molecular flexibility index (Phi) is 0.511. The Morgan fingerprint density at radius 1 is 1.00 bits per heavy atom. The third-order valence-electron chi connectivity index (χ3n) is 1.25. The molecule has 2 rings (SSSR count). The van der Waals surface area contributed by atoms with Gasteiger partial charge in [-0.1, -0.05) is 12.2 Å². The molecule has 0 radical (unpaired) electrons. The van der Waals surface area contributed by atoms with E-state index < -0.39 is 0 Å². The molecule has 0 nitrogen and oxygen atoms in total. The zero-order valence-corrected chi connectivity index (χ0v) is 4.81. The van der Waals surface area contributed by atoms with Crippen molar-refractivity contribution in [3.63, 3.8) is 0 Å². The smallest absolute Gasteiger partial charge is 0.0144 e. The van der Waals surface area contributed by atoms with E-state index in [0.29, 0.717) is 0 Å². The fourth-order valence-corrected chi connectivity index (χ4v) is 1.73. The van der Waals surface area contributed by atoms with Gasteiger partial charge in [-0.05, 0) is 22.7 Å². The highest BCUT2D eigenvalue weighted by atomic mass is 31.0.